The molecule has 134 valence electrons. The van der Waals surface area contributed by atoms with Crippen LogP contribution in [-0.4, -0.2) is 0 Å². The van der Waals surface area contributed by atoms with Crippen LogP contribution in [0.4, 0.5) is 0 Å². The highest BCUT2D eigenvalue weighted by atomic mass is 14.4. The maximum absolute atomic E-state index is 2.39. The summed E-state index contributed by atoms with van der Waals surface area (Å²) < 4.78 is 0. The van der Waals surface area contributed by atoms with Gasteiger partial charge in [-0.2, -0.15) is 0 Å². The molecule has 0 heterocycles. The summed E-state index contributed by atoms with van der Waals surface area (Å²) in [4.78, 5) is 0. The molecule has 0 radical (unpaired) electrons. The van der Waals surface area contributed by atoms with Crippen molar-refractivity contribution >= 4 is 5.57 Å². The average molecular weight is 335 g/mol. The van der Waals surface area contributed by atoms with E-state index < -0.39 is 0 Å². The SMILES string of the molecule is C/C=C\CC/C=C\C1=C(C/C=C\CCCC)c2ccccc2C1(C)C. The maximum Gasteiger partial charge on any atom is 0.0155 e. The molecule has 0 unspecified atom stereocenters. The van der Waals surface area contributed by atoms with Crippen LogP contribution in [0.1, 0.15) is 77.3 Å². The summed E-state index contributed by atoms with van der Waals surface area (Å²) in [5.41, 5.74) is 6.02. The molecule has 25 heavy (non-hydrogen) atoms. The third-order valence-corrected chi connectivity index (χ3v) is 5.16. The van der Waals surface area contributed by atoms with E-state index in [2.05, 4.69) is 88.4 Å². The first-order valence-corrected chi connectivity index (χ1v) is 9.89. The molecule has 0 saturated carbocycles. The number of hydrogen-bond acceptors (Lipinski definition) is 0. The van der Waals surface area contributed by atoms with E-state index in [4.69, 9.17) is 0 Å². The second-order valence-electron chi connectivity index (χ2n) is 7.43. The fraction of sp³-hybridized carbons (Fsp3) is 0.440. The van der Waals surface area contributed by atoms with Crippen molar-refractivity contribution in [2.24, 2.45) is 0 Å². The van der Waals surface area contributed by atoms with Gasteiger partial charge in [-0.25, -0.2) is 0 Å². The third-order valence-electron chi connectivity index (χ3n) is 5.16. The lowest BCUT2D eigenvalue weighted by Gasteiger charge is -2.23. The Balaban J connectivity index is 2.26. The summed E-state index contributed by atoms with van der Waals surface area (Å²) in [6, 6.07) is 8.95. The highest BCUT2D eigenvalue weighted by Crippen LogP contribution is 2.48. The van der Waals surface area contributed by atoms with Crippen LogP contribution in [0.15, 0.2) is 66.3 Å². The molecule has 0 fully saturated rings. The monoisotopic (exact) mass is 334 g/mol. The molecule has 0 atom stereocenters. The Kier molecular flexibility index (Phi) is 7.50. The Labute approximate surface area is 155 Å². The van der Waals surface area contributed by atoms with Gasteiger partial charge in [0.05, 0.1) is 0 Å². The third kappa shape index (κ3) is 4.84. The van der Waals surface area contributed by atoms with Crippen LogP contribution in [0.2, 0.25) is 0 Å². The predicted molar refractivity (Wildman–Crippen MR) is 113 cm³/mol. The van der Waals surface area contributed by atoms with E-state index >= 15 is 0 Å². The summed E-state index contributed by atoms with van der Waals surface area (Å²) >= 11 is 0. The van der Waals surface area contributed by atoms with E-state index in [1.807, 2.05) is 0 Å². The van der Waals surface area contributed by atoms with Gasteiger partial charge in [0.1, 0.15) is 0 Å². The van der Waals surface area contributed by atoms with E-state index in [0.29, 0.717) is 0 Å². The van der Waals surface area contributed by atoms with Crippen molar-refractivity contribution in [2.75, 3.05) is 0 Å². The van der Waals surface area contributed by atoms with Crippen LogP contribution in [0.5, 0.6) is 0 Å². The van der Waals surface area contributed by atoms with Crippen molar-refractivity contribution in [2.45, 2.75) is 71.6 Å². The van der Waals surface area contributed by atoms with Gasteiger partial charge in [0, 0.05) is 5.41 Å². The van der Waals surface area contributed by atoms with Crippen molar-refractivity contribution in [1.29, 1.82) is 0 Å². The number of rotatable bonds is 9. The van der Waals surface area contributed by atoms with Crippen molar-refractivity contribution < 1.29 is 0 Å². The molecule has 2 rings (SSSR count). The first-order chi connectivity index (χ1) is 12.1. The molecule has 1 aromatic rings. The van der Waals surface area contributed by atoms with E-state index in [1.165, 1.54) is 41.5 Å². The van der Waals surface area contributed by atoms with Gasteiger partial charge in [0.15, 0.2) is 0 Å². The second kappa shape index (κ2) is 9.61. The Morgan fingerprint density at radius 1 is 0.920 bits per heavy atom. The number of allylic oxidation sites excluding steroid dienone is 8. The molecule has 0 saturated heterocycles. The van der Waals surface area contributed by atoms with Gasteiger partial charge in [-0.1, -0.05) is 94.3 Å². The van der Waals surface area contributed by atoms with E-state index in [1.54, 1.807) is 0 Å². The molecule has 0 nitrogen and oxygen atoms in total. The molecule has 0 spiro atoms. The van der Waals surface area contributed by atoms with Gasteiger partial charge in [-0.15, -0.1) is 0 Å². The normalized spacial score (nSPS) is 16.6. The number of unbranched alkanes of at least 4 members (excludes halogenated alkanes) is 3. The fourth-order valence-electron chi connectivity index (χ4n) is 3.69. The Morgan fingerprint density at radius 3 is 2.44 bits per heavy atom. The van der Waals surface area contributed by atoms with Gasteiger partial charge in [0.25, 0.3) is 0 Å². The Hall–Kier alpha value is -1.82. The Morgan fingerprint density at radius 2 is 1.68 bits per heavy atom. The minimum absolute atomic E-state index is 0.0975. The lowest BCUT2D eigenvalue weighted by molar-refractivity contribution is 0.653. The molecule has 0 amide bonds. The predicted octanol–water partition coefficient (Wildman–Crippen LogP) is 7.78. The van der Waals surface area contributed by atoms with Gasteiger partial charge < -0.3 is 0 Å². The standard InChI is InChI=1S/C25H34/c1-5-7-9-11-13-17-21-22-18-15-16-20-24(22)25(3,4)23(21)19-14-12-10-8-6-2/h6,8,11,13-16,18-20H,5,7,9-10,12,17H2,1-4H3/b8-6-,13-11-,19-14-. The molecule has 1 aliphatic carbocycles. The van der Waals surface area contributed by atoms with E-state index in [-0.39, 0.29) is 5.41 Å². The quantitative estimate of drug-likeness (QED) is 0.319. The average Bonchev–Trinajstić information content (AvgIpc) is 2.82. The fourth-order valence-corrected chi connectivity index (χ4v) is 3.69. The maximum atomic E-state index is 2.39. The molecule has 1 aromatic carbocycles. The lowest BCUT2D eigenvalue weighted by atomic mass is 9.81. The van der Waals surface area contributed by atoms with Crippen molar-refractivity contribution in [3.05, 3.63) is 77.4 Å². The van der Waals surface area contributed by atoms with Crippen LogP contribution < -0.4 is 0 Å². The van der Waals surface area contributed by atoms with Gasteiger partial charge in [-0.05, 0) is 54.9 Å². The zero-order chi connectivity index (χ0) is 18.1. The lowest BCUT2D eigenvalue weighted by Crippen LogP contribution is -2.16. The van der Waals surface area contributed by atoms with Crippen LogP contribution >= 0.6 is 0 Å². The summed E-state index contributed by atoms with van der Waals surface area (Å²) in [6.45, 7) is 9.07. The second-order valence-corrected chi connectivity index (χ2v) is 7.43. The largest absolute Gasteiger partial charge is 0.0917 e. The molecular weight excluding hydrogens is 300 g/mol. The van der Waals surface area contributed by atoms with Crippen molar-refractivity contribution in [3.63, 3.8) is 0 Å². The topological polar surface area (TPSA) is 0 Å². The number of hydrogen-bond donors (Lipinski definition) is 0. The molecule has 0 bridgehead atoms. The minimum Gasteiger partial charge on any atom is -0.0917 e. The molecule has 0 aliphatic heterocycles. The summed E-state index contributed by atoms with van der Waals surface area (Å²) in [5, 5.41) is 0. The van der Waals surface area contributed by atoms with Crippen LogP contribution in [-0.2, 0) is 5.41 Å². The molecule has 0 heteroatoms. The number of benzene rings is 1. The smallest absolute Gasteiger partial charge is 0.0155 e. The highest BCUT2D eigenvalue weighted by Gasteiger charge is 2.35. The van der Waals surface area contributed by atoms with Crippen molar-refractivity contribution in [1.82, 2.24) is 0 Å². The van der Waals surface area contributed by atoms with Crippen LogP contribution in [0, 0.1) is 0 Å². The summed E-state index contributed by atoms with van der Waals surface area (Å²) in [6.07, 6.45) is 20.9. The first-order valence-electron chi connectivity index (χ1n) is 9.89. The van der Waals surface area contributed by atoms with Gasteiger partial charge in [-0.3, -0.25) is 0 Å². The van der Waals surface area contributed by atoms with Crippen molar-refractivity contribution in [3.8, 4) is 0 Å². The minimum atomic E-state index is 0.0975. The van der Waals surface area contributed by atoms with E-state index in [9.17, 15) is 0 Å². The molecule has 0 aromatic heterocycles. The van der Waals surface area contributed by atoms with E-state index in [0.717, 1.165) is 19.3 Å². The van der Waals surface area contributed by atoms with Gasteiger partial charge in [0.2, 0.25) is 0 Å². The zero-order valence-corrected chi connectivity index (χ0v) is 16.5. The van der Waals surface area contributed by atoms with Gasteiger partial charge >= 0.3 is 0 Å². The molecular formula is C25H34. The summed E-state index contributed by atoms with van der Waals surface area (Å²) in [5.74, 6) is 0. The van der Waals surface area contributed by atoms with Crippen LogP contribution in [0.25, 0.3) is 5.57 Å². The highest BCUT2D eigenvalue weighted by molar-refractivity contribution is 5.82. The first kappa shape index (κ1) is 19.5. The molecule has 1 aliphatic rings. The number of fused-ring (bicyclic) bond motifs is 1. The Bertz CT molecular complexity index is 665. The zero-order valence-electron chi connectivity index (χ0n) is 16.5. The summed E-state index contributed by atoms with van der Waals surface area (Å²) in [7, 11) is 0. The van der Waals surface area contributed by atoms with Crippen LogP contribution in [0.3, 0.4) is 0 Å². The molecule has 0 N–H and O–H groups in total.